The lowest BCUT2D eigenvalue weighted by atomic mass is 9.85. The van der Waals surface area contributed by atoms with Crippen molar-refractivity contribution in [1.82, 2.24) is 9.78 Å². The second kappa shape index (κ2) is 8.16. The maximum Gasteiger partial charge on any atom is 0.250 e. The molecular weight excluding hydrogens is 316 g/mol. The smallest absolute Gasteiger partial charge is 0.250 e. The third kappa shape index (κ3) is 4.60. The molecule has 6 nitrogen and oxygen atoms in total. The predicted molar refractivity (Wildman–Crippen MR) is 98.5 cm³/mol. The zero-order chi connectivity index (χ0) is 17.6. The van der Waals surface area contributed by atoms with E-state index in [0.29, 0.717) is 18.2 Å². The monoisotopic (exact) mass is 342 g/mol. The molecule has 0 bridgehead atoms. The van der Waals surface area contributed by atoms with Gasteiger partial charge in [0.15, 0.2) is 0 Å². The zero-order valence-electron chi connectivity index (χ0n) is 14.7. The number of aromatic nitrogens is 2. The molecule has 3 N–H and O–H groups in total. The van der Waals surface area contributed by atoms with Crippen molar-refractivity contribution in [3.63, 3.8) is 0 Å². The van der Waals surface area contributed by atoms with Crippen LogP contribution in [0.4, 0.5) is 11.4 Å². The van der Waals surface area contributed by atoms with Crippen LogP contribution in [0.2, 0.25) is 0 Å². The van der Waals surface area contributed by atoms with Crippen LogP contribution in [0.3, 0.4) is 0 Å². The SMILES string of the molecule is Cn1cc(CNc2cccc(NC(=O)CO)c2)c(C2CCCCC2)n1. The van der Waals surface area contributed by atoms with Crippen molar-refractivity contribution in [2.75, 3.05) is 17.2 Å². The third-order valence-electron chi connectivity index (χ3n) is 4.70. The number of hydrogen-bond donors (Lipinski definition) is 3. The van der Waals surface area contributed by atoms with Crippen LogP contribution in [0.1, 0.15) is 49.3 Å². The number of aryl methyl sites for hydroxylation is 1. The average molecular weight is 342 g/mol. The van der Waals surface area contributed by atoms with Crippen LogP contribution in [0.5, 0.6) is 0 Å². The fourth-order valence-corrected chi connectivity index (χ4v) is 3.52. The Morgan fingerprint density at radius 2 is 2.04 bits per heavy atom. The van der Waals surface area contributed by atoms with Gasteiger partial charge in [-0.05, 0) is 31.0 Å². The number of carbonyl (C=O) groups excluding carboxylic acids is 1. The van der Waals surface area contributed by atoms with E-state index < -0.39 is 12.5 Å². The maximum absolute atomic E-state index is 11.3. The standard InChI is InChI=1S/C19H26N4O2/c1-23-12-15(19(22-23)14-6-3-2-4-7-14)11-20-16-8-5-9-17(10-16)21-18(25)13-24/h5,8-10,12,14,20,24H,2-4,6-7,11,13H2,1H3,(H,21,25). The minimum atomic E-state index is -0.516. The van der Waals surface area contributed by atoms with E-state index in [0.717, 1.165) is 5.69 Å². The molecule has 1 heterocycles. The molecule has 6 heteroatoms. The molecule has 134 valence electrons. The molecule has 1 aromatic heterocycles. The van der Waals surface area contributed by atoms with Crippen molar-refractivity contribution in [3.05, 3.63) is 41.7 Å². The lowest BCUT2D eigenvalue weighted by Crippen LogP contribution is -2.15. The summed E-state index contributed by atoms with van der Waals surface area (Å²) in [6.07, 6.45) is 8.47. The first-order valence-corrected chi connectivity index (χ1v) is 8.93. The first kappa shape index (κ1) is 17.5. The average Bonchev–Trinajstić information content (AvgIpc) is 3.01. The van der Waals surface area contributed by atoms with Crippen molar-refractivity contribution in [2.45, 2.75) is 44.6 Å². The van der Waals surface area contributed by atoms with Crippen LogP contribution in [-0.2, 0) is 18.4 Å². The minimum Gasteiger partial charge on any atom is -0.387 e. The molecule has 1 aliphatic rings. The van der Waals surface area contributed by atoms with Crippen LogP contribution in [-0.4, -0.2) is 27.4 Å². The second-order valence-electron chi connectivity index (χ2n) is 6.69. The first-order chi connectivity index (χ1) is 12.2. The Morgan fingerprint density at radius 3 is 2.80 bits per heavy atom. The van der Waals surface area contributed by atoms with E-state index >= 15 is 0 Å². The number of aliphatic hydroxyl groups is 1. The Kier molecular flexibility index (Phi) is 5.71. The number of nitrogens with zero attached hydrogens (tertiary/aromatic N) is 2. The number of carbonyl (C=O) groups is 1. The summed E-state index contributed by atoms with van der Waals surface area (Å²) < 4.78 is 1.90. The predicted octanol–water partition coefficient (Wildman–Crippen LogP) is 3.01. The van der Waals surface area contributed by atoms with Gasteiger partial charge in [0, 0.05) is 42.6 Å². The number of benzene rings is 1. The molecular formula is C19H26N4O2. The normalized spacial score (nSPS) is 15.1. The molecule has 0 aliphatic heterocycles. The van der Waals surface area contributed by atoms with E-state index in [1.165, 1.54) is 43.4 Å². The summed E-state index contributed by atoms with van der Waals surface area (Å²) in [5.41, 5.74) is 4.05. The Balaban J connectivity index is 1.67. The van der Waals surface area contributed by atoms with Gasteiger partial charge in [0.25, 0.3) is 0 Å². The van der Waals surface area contributed by atoms with Crippen molar-refractivity contribution in [3.8, 4) is 0 Å². The van der Waals surface area contributed by atoms with Gasteiger partial charge in [0.05, 0.1) is 5.69 Å². The van der Waals surface area contributed by atoms with Gasteiger partial charge >= 0.3 is 0 Å². The number of rotatable bonds is 6. The fourth-order valence-electron chi connectivity index (χ4n) is 3.52. The molecule has 25 heavy (non-hydrogen) atoms. The molecule has 0 unspecified atom stereocenters. The molecule has 1 aliphatic carbocycles. The van der Waals surface area contributed by atoms with Crippen molar-refractivity contribution < 1.29 is 9.90 Å². The highest BCUT2D eigenvalue weighted by Crippen LogP contribution is 2.33. The fraction of sp³-hybridized carbons (Fsp3) is 0.474. The van der Waals surface area contributed by atoms with Gasteiger partial charge < -0.3 is 15.7 Å². The van der Waals surface area contributed by atoms with Gasteiger partial charge in [-0.15, -0.1) is 0 Å². The zero-order valence-corrected chi connectivity index (χ0v) is 14.7. The molecule has 2 aromatic rings. The molecule has 1 fully saturated rings. The second-order valence-corrected chi connectivity index (χ2v) is 6.69. The Hall–Kier alpha value is -2.34. The summed E-state index contributed by atoms with van der Waals surface area (Å²) in [5.74, 6) is 0.158. The molecule has 3 rings (SSSR count). The van der Waals surface area contributed by atoms with E-state index in [4.69, 9.17) is 10.2 Å². The van der Waals surface area contributed by atoms with Gasteiger partial charge in [0.2, 0.25) is 5.91 Å². The van der Waals surface area contributed by atoms with E-state index in [9.17, 15) is 4.79 Å². The molecule has 0 radical (unpaired) electrons. The third-order valence-corrected chi connectivity index (χ3v) is 4.70. The van der Waals surface area contributed by atoms with Crippen LogP contribution in [0, 0.1) is 0 Å². The summed E-state index contributed by atoms with van der Waals surface area (Å²) in [4.78, 5) is 11.3. The summed E-state index contributed by atoms with van der Waals surface area (Å²) in [6.45, 7) is 0.190. The van der Waals surface area contributed by atoms with E-state index in [1.54, 1.807) is 6.07 Å². The number of hydrogen-bond acceptors (Lipinski definition) is 4. The number of anilines is 2. The number of amides is 1. The number of aliphatic hydroxyl groups excluding tert-OH is 1. The first-order valence-electron chi connectivity index (χ1n) is 8.93. The summed E-state index contributed by atoms with van der Waals surface area (Å²) in [5, 5.41) is 19.6. The van der Waals surface area contributed by atoms with Crippen LogP contribution < -0.4 is 10.6 Å². The summed E-state index contributed by atoms with van der Waals surface area (Å²) in [7, 11) is 1.97. The Bertz CT molecular complexity index is 720. The highest BCUT2D eigenvalue weighted by atomic mass is 16.3. The minimum absolute atomic E-state index is 0.413. The van der Waals surface area contributed by atoms with Gasteiger partial charge in [-0.3, -0.25) is 9.48 Å². The van der Waals surface area contributed by atoms with Crippen molar-refractivity contribution in [1.29, 1.82) is 0 Å². The molecule has 0 atom stereocenters. The van der Waals surface area contributed by atoms with Crippen LogP contribution in [0.15, 0.2) is 30.5 Å². The van der Waals surface area contributed by atoms with Gasteiger partial charge in [-0.25, -0.2) is 0 Å². The quantitative estimate of drug-likeness (QED) is 0.754. The molecule has 0 spiro atoms. The maximum atomic E-state index is 11.3. The topological polar surface area (TPSA) is 79.2 Å². The summed E-state index contributed by atoms with van der Waals surface area (Å²) in [6, 6.07) is 7.51. The van der Waals surface area contributed by atoms with Crippen LogP contribution >= 0.6 is 0 Å². The highest BCUT2D eigenvalue weighted by Gasteiger charge is 2.21. The lowest BCUT2D eigenvalue weighted by molar-refractivity contribution is -0.118. The molecule has 1 aromatic carbocycles. The van der Waals surface area contributed by atoms with Gasteiger partial charge in [0.1, 0.15) is 6.61 Å². The van der Waals surface area contributed by atoms with Crippen molar-refractivity contribution >= 4 is 17.3 Å². The van der Waals surface area contributed by atoms with E-state index in [1.807, 2.05) is 29.9 Å². The molecule has 0 saturated heterocycles. The van der Waals surface area contributed by atoms with Gasteiger partial charge in [-0.1, -0.05) is 25.3 Å². The van der Waals surface area contributed by atoms with E-state index in [-0.39, 0.29) is 0 Å². The van der Waals surface area contributed by atoms with E-state index in [2.05, 4.69) is 16.8 Å². The lowest BCUT2D eigenvalue weighted by Gasteiger charge is -2.21. The summed E-state index contributed by atoms with van der Waals surface area (Å²) >= 11 is 0. The highest BCUT2D eigenvalue weighted by molar-refractivity contribution is 5.91. The van der Waals surface area contributed by atoms with Gasteiger partial charge in [-0.2, -0.15) is 5.10 Å². The van der Waals surface area contributed by atoms with Crippen LogP contribution in [0.25, 0.3) is 0 Å². The Morgan fingerprint density at radius 1 is 1.28 bits per heavy atom. The molecule has 1 amide bonds. The largest absolute Gasteiger partial charge is 0.387 e. The molecule has 1 saturated carbocycles. The Labute approximate surface area is 148 Å². The van der Waals surface area contributed by atoms with Crippen molar-refractivity contribution in [2.24, 2.45) is 7.05 Å². The number of nitrogens with one attached hydrogen (secondary N) is 2.